The maximum atomic E-state index is 14.1. The molecule has 0 heterocycles. The maximum Gasteiger partial charge on any atom is 0.246 e. The Kier molecular flexibility index (Phi) is 6.08. The first-order valence-corrected chi connectivity index (χ1v) is 8.04. The fourth-order valence-electron chi connectivity index (χ4n) is 1.66. The normalized spacial score (nSPS) is 13.8. The Labute approximate surface area is 126 Å². The van der Waals surface area contributed by atoms with Gasteiger partial charge in [-0.1, -0.05) is 15.9 Å². The molecular formula is C12H17BrFNO4S. The molecule has 0 saturated heterocycles. The molecule has 1 N–H and O–H groups in total. The first-order chi connectivity index (χ1) is 9.25. The van der Waals surface area contributed by atoms with Crippen LogP contribution in [0.2, 0.25) is 0 Å². The van der Waals surface area contributed by atoms with E-state index in [0.717, 1.165) is 4.31 Å². The third-order valence-electron chi connectivity index (χ3n) is 2.94. The lowest BCUT2D eigenvalue weighted by atomic mass is 10.2. The number of aliphatic hydroxyl groups excluding tert-OH is 1. The number of hydrogen-bond acceptors (Lipinski definition) is 4. The zero-order chi connectivity index (χ0) is 15.5. The average Bonchev–Trinajstić information content (AvgIpc) is 2.40. The molecule has 0 aliphatic heterocycles. The van der Waals surface area contributed by atoms with E-state index in [4.69, 9.17) is 9.84 Å². The molecule has 0 aromatic heterocycles. The van der Waals surface area contributed by atoms with Crippen molar-refractivity contribution in [1.29, 1.82) is 0 Å². The summed E-state index contributed by atoms with van der Waals surface area (Å²) in [4.78, 5) is -0.471. The van der Waals surface area contributed by atoms with Crippen LogP contribution in [0.4, 0.5) is 4.39 Å². The van der Waals surface area contributed by atoms with Gasteiger partial charge in [0.05, 0.1) is 13.2 Å². The number of hydrogen-bond donors (Lipinski definition) is 1. The van der Waals surface area contributed by atoms with Gasteiger partial charge in [0.25, 0.3) is 0 Å². The first kappa shape index (κ1) is 17.5. The molecule has 1 atom stereocenters. The Morgan fingerprint density at radius 1 is 1.50 bits per heavy atom. The topological polar surface area (TPSA) is 66.8 Å². The quantitative estimate of drug-likeness (QED) is 0.829. The zero-order valence-electron chi connectivity index (χ0n) is 11.4. The van der Waals surface area contributed by atoms with Gasteiger partial charge in [-0.15, -0.1) is 0 Å². The average molecular weight is 370 g/mol. The van der Waals surface area contributed by atoms with Gasteiger partial charge in [-0.3, -0.25) is 0 Å². The van der Waals surface area contributed by atoms with Gasteiger partial charge in [0, 0.05) is 30.2 Å². The van der Waals surface area contributed by atoms with Gasteiger partial charge in [-0.25, -0.2) is 12.8 Å². The number of halogens is 2. The molecule has 0 radical (unpaired) electrons. The number of aliphatic hydroxyl groups is 1. The van der Waals surface area contributed by atoms with E-state index in [-0.39, 0.29) is 12.2 Å². The van der Waals surface area contributed by atoms with Crippen molar-refractivity contribution in [3.8, 4) is 0 Å². The third-order valence-corrected chi connectivity index (χ3v) is 5.36. The van der Waals surface area contributed by atoms with Gasteiger partial charge in [0.1, 0.15) is 10.7 Å². The minimum Gasteiger partial charge on any atom is -0.392 e. The molecule has 8 heteroatoms. The van der Waals surface area contributed by atoms with Gasteiger partial charge < -0.3 is 9.84 Å². The van der Waals surface area contributed by atoms with E-state index in [1.165, 1.54) is 26.3 Å². The molecular weight excluding hydrogens is 353 g/mol. The van der Waals surface area contributed by atoms with E-state index in [0.29, 0.717) is 4.47 Å². The monoisotopic (exact) mass is 369 g/mol. The van der Waals surface area contributed by atoms with Gasteiger partial charge in [0.2, 0.25) is 10.0 Å². The second-order valence-corrected chi connectivity index (χ2v) is 7.24. The summed E-state index contributed by atoms with van der Waals surface area (Å²) < 4.78 is 45.3. The molecule has 114 valence electrons. The molecule has 1 aromatic carbocycles. The summed E-state index contributed by atoms with van der Waals surface area (Å²) in [5, 5.41) is 9.08. The van der Waals surface area contributed by atoms with Gasteiger partial charge in [-0.05, 0) is 19.1 Å². The van der Waals surface area contributed by atoms with Crippen molar-refractivity contribution >= 4 is 26.0 Å². The fourth-order valence-corrected chi connectivity index (χ4v) is 3.79. The molecule has 5 nitrogen and oxygen atoms in total. The van der Waals surface area contributed by atoms with Crippen LogP contribution >= 0.6 is 15.9 Å². The minimum absolute atomic E-state index is 0.0780. The third kappa shape index (κ3) is 3.56. The summed E-state index contributed by atoms with van der Waals surface area (Å²) in [6.45, 7) is 1.27. The summed E-state index contributed by atoms with van der Waals surface area (Å²) >= 11 is 3.11. The van der Waals surface area contributed by atoms with E-state index in [1.807, 2.05) is 0 Å². The highest BCUT2D eigenvalue weighted by molar-refractivity contribution is 9.10. The second-order valence-electron chi connectivity index (χ2n) is 4.36. The predicted octanol–water partition coefficient (Wildman–Crippen LogP) is 1.74. The Morgan fingerprint density at radius 2 is 2.10 bits per heavy atom. The lowest BCUT2D eigenvalue weighted by Crippen LogP contribution is -2.38. The smallest absolute Gasteiger partial charge is 0.246 e. The van der Waals surface area contributed by atoms with Crippen LogP contribution in [-0.4, -0.2) is 44.6 Å². The van der Waals surface area contributed by atoms with Gasteiger partial charge >= 0.3 is 0 Å². The molecule has 0 bridgehead atoms. The number of methoxy groups -OCH3 is 1. The standard InChI is InChI=1S/C12H17BrFNO4S/c1-8(7-19-3)15(2)20(17,18)11-5-10(13)4-9(6-16)12(11)14/h4-5,8,16H,6-7H2,1-3H3. The van der Waals surface area contributed by atoms with E-state index in [2.05, 4.69) is 15.9 Å². The predicted molar refractivity (Wildman–Crippen MR) is 76.3 cm³/mol. The van der Waals surface area contributed by atoms with Crippen LogP contribution in [0.1, 0.15) is 12.5 Å². The van der Waals surface area contributed by atoms with E-state index in [9.17, 15) is 12.8 Å². The summed E-state index contributed by atoms with van der Waals surface area (Å²) in [6, 6.07) is 2.08. The first-order valence-electron chi connectivity index (χ1n) is 5.81. The van der Waals surface area contributed by atoms with Crippen LogP contribution in [-0.2, 0) is 21.4 Å². The number of rotatable bonds is 6. The molecule has 0 spiro atoms. The van der Waals surface area contributed by atoms with Crippen LogP contribution in [0.25, 0.3) is 0 Å². The minimum atomic E-state index is -4.01. The molecule has 1 aromatic rings. The van der Waals surface area contributed by atoms with E-state index >= 15 is 0 Å². The van der Waals surface area contributed by atoms with Crippen molar-refractivity contribution in [2.75, 3.05) is 20.8 Å². The van der Waals surface area contributed by atoms with Crippen LogP contribution < -0.4 is 0 Å². The van der Waals surface area contributed by atoms with Crippen molar-refractivity contribution < 1.29 is 22.7 Å². The molecule has 0 amide bonds. The number of sulfonamides is 1. The largest absolute Gasteiger partial charge is 0.392 e. The summed E-state index contributed by atoms with van der Waals surface area (Å²) in [5.41, 5.74) is -0.0780. The highest BCUT2D eigenvalue weighted by Crippen LogP contribution is 2.27. The SMILES string of the molecule is COCC(C)N(C)S(=O)(=O)c1cc(Br)cc(CO)c1F. The Bertz CT molecular complexity index is 579. The lowest BCUT2D eigenvalue weighted by Gasteiger charge is -2.24. The molecule has 20 heavy (non-hydrogen) atoms. The maximum absolute atomic E-state index is 14.1. The Hall–Kier alpha value is -0.540. The van der Waals surface area contributed by atoms with Crippen molar-refractivity contribution in [3.05, 3.63) is 28.0 Å². The number of nitrogens with zero attached hydrogens (tertiary/aromatic N) is 1. The molecule has 0 saturated carbocycles. The number of likely N-dealkylation sites (N-methyl/N-ethyl adjacent to an activating group) is 1. The van der Waals surface area contributed by atoms with Crippen molar-refractivity contribution in [3.63, 3.8) is 0 Å². The lowest BCUT2D eigenvalue weighted by molar-refractivity contribution is 0.149. The molecule has 1 rings (SSSR count). The summed E-state index contributed by atoms with van der Waals surface area (Å²) in [7, 11) is -1.19. The second kappa shape index (κ2) is 6.95. The van der Waals surface area contributed by atoms with Gasteiger partial charge in [-0.2, -0.15) is 4.31 Å². The summed E-state index contributed by atoms with van der Waals surface area (Å²) in [5.74, 6) is -0.938. The van der Waals surface area contributed by atoms with Crippen LogP contribution in [0.5, 0.6) is 0 Å². The Balaban J connectivity index is 3.32. The van der Waals surface area contributed by atoms with Crippen LogP contribution in [0.15, 0.2) is 21.5 Å². The van der Waals surface area contributed by atoms with E-state index in [1.54, 1.807) is 6.92 Å². The highest BCUT2D eigenvalue weighted by atomic mass is 79.9. The molecule has 0 fully saturated rings. The van der Waals surface area contributed by atoms with Crippen LogP contribution in [0, 0.1) is 5.82 Å². The van der Waals surface area contributed by atoms with E-state index < -0.39 is 33.4 Å². The molecule has 0 aliphatic rings. The molecule has 1 unspecified atom stereocenters. The number of ether oxygens (including phenoxy) is 1. The Morgan fingerprint density at radius 3 is 2.60 bits per heavy atom. The van der Waals surface area contributed by atoms with Crippen molar-refractivity contribution in [2.24, 2.45) is 0 Å². The van der Waals surface area contributed by atoms with Gasteiger partial charge in [0.15, 0.2) is 0 Å². The van der Waals surface area contributed by atoms with Crippen molar-refractivity contribution in [2.45, 2.75) is 24.5 Å². The molecule has 0 aliphatic carbocycles. The van der Waals surface area contributed by atoms with Crippen molar-refractivity contribution in [1.82, 2.24) is 4.31 Å². The van der Waals surface area contributed by atoms with Crippen LogP contribution in [0.3, 0.4) is 0 Å². The highest BCUT2D eigenvalue weighted by Gasteiger charge is 2.29. The fraction of sp³-hybridized carbons (Fsp3) is 0.500. The zero-order valence-corrected chi connectivity index (χ0v) is 13.8. The number of benzene rings is 1. The summed E-state index contributed by atoms with van der Waals surface area (Å²) in [6.07, 6.45) is 0.